The number of nitrogens with one attached hydrogen (secondary N) is 1. The molecule has 1 aromatic rings. The molecule has 4 nitrogen and oxygen atoms in total. The highest BCUT2D eigenvalue weighted by atomic mass is 35.5. The van der Waals surface area contributed by atoms with Gasteiger partial charge in [-0.2, -0.15) is 13.2 Å². The molecule has 0 aromatic heterocycles. The number of amides is 1. The van der Waals surface area contributed by atoms with Crippen molar-refractivity contribution in [3.05, 3.63) is 29.8 Å². The molecule has 1 saturated heterocycles. The van der Waals surface area contributed by atoms with Crippen molar-refractivity contribution in [2.45, 2.75) is 56.8 Å². The Labute approximate surface area is 173 Å². The van der Waals surface area contributed by atoms with Crippen LogP contribution in [0.3, 0.4) is 0 Å². The maximum Gasteiger partial charge on any atom is 0.416 e. The van der Waals surface area contributed by atoms with Crippen LogP contribution >= 0.6 is 24.2 Å². The first-order valence-corrected chi connectivity index (χ1v) is 10.2. The van der Waals surface area contributed by atoms with Gasteiger partial charge >= 0.3 is 6.18 Å². The number of nitrogens with zero attached hydrogens (tertiary/aromatic N) is 2. The van der Waals surface area contributed by atoms with E-state index in [2.05, 4.69) is 5.32 Å². The van der Waals surface area contributed by atoms with Crippen LogP contribution in [-0.4, -0.2) is 40.9 Å². The van der Waals surface area contributed by atoms with E-state index in [-0.39, 0.29) is 36.5 Å². The Morgan fingerprint density at radius 3 is 2.68 bits per heavy atom. The van der Waals surface area contributed by atoms with E-state index in [9.17, 15) is 18.0 Å². The molecule has 1 unspecified atom stereocenters. The van der Waals surface area contributed by atoms with E-state index >= 15 is 0 Å². The molecule has 1 N–H and O–H groups in total. The van der Waals surface area contributed by atoms with Crippen LogP contribution in [0, 0.1) is 0 Å². The summed E-state index contributed by atoms with van der Waals surface area (Å²) in [5, 5.41) is 3.55. The number of hydrogen-bond acceptors (Lipinski definition) is 3. The van der Waals surface area contributed by atoms with Gasteiger partial charge in [0.15, 0.2) is 5.17 Å². The molecule has 1 amide bonds. The highest BCUT2D eigenvalue weighted by Crippen LogP contribution is 2.31. The minimum atomic E-state index is -4.42. The van der Waals surface area contributed by atoms with E-state index in [0.717, 1.165) is 35.9 Å². The van der Waals surface area contributed by atoms with Crippen LogP contribution in [0.1, 0.15) is 44.1 Å². The Hall–Kier alpha value is -1.41. The maximum atomic E-state index is 12.8. The van der Waals surface area contributed by atoms with E-state index in [0.29, 0.717) is 6.04 Å². The summed E-state index contributed by atoms with van der Waals surface area (Å²) in [6.45, 7) is 0. The second kappa shape index (κ2) is 9.87. The zero-order valence-electron chi connectivity index (χ0n) is 15.7. The van der Waals surface area contributed by atoms with E-state index in [4.69, 9.17) is 4.99 Å². The number of carbonyl (C=O) groups excluding carboxylic acids is 1. The number of aliphatic imine (C=N–C) groups is 1. The van der Waals surface area contributed by atoms with Crippen molar-refractivity contribution in [1.29, 1.82) is 0 Å². The third-order valence-corrected chi connectivity index (χ3v) is 6.22. The first-order valence-electron chi connectivity index (χ1n) is 9.23. The van der Waals surface area contributed by atoms with E-state index in [1.165, 1.54) is 31.4 Å². The number of benzene rings is 1. The maximum absolute atomic E-state index is 12.8. The van der Waals surface area contributed by atoms with Gasteiger partial charge in [0, 0.05) is 31.0 Å². The summed E-state index contributed by atoms with van der Waals surface area (Å²) in [4.78, 5) is 19.2. The lowest BCUT2D eigenvalue weighted by atomic mass is 9.96. The topological polar surface area (TPSA) is 44.7 Å². The summed E-state index contributed by atoms with van der Waals surface area (Å²) in [5.74, 6) is 0.476. The van der Waals surface area contributed by atoms with Crippen molar-refractivity contribution >= 4 is 40.9 Å². The van der Waals surface area contributed by atoms with E-state index < -0.39 is 11.7 Å². The molecule has 1 saturated carbocycles. The molecule has 0 radical (unpaired) electrons. The first kappa shape index (κ1) is 22.9. The van der Waals surface area contributed by atoms with Crippen molar-refractivity contribution in [3.8, 4) is 0 Å². The molecule has 9 heteroatoms. The van der Waals surface area contributed by atoms with Gasteiger partial charge in [0.05, 0.1) is 11.6 Å². The summed E-state index contributed by atoms with van der Waals surface area (Å²) in [6, 6.07) is 5.09. The lowest BCUT2D eigenvalue weighted by Crippen LogP contribution is -2.34. The highest BCUT2D eigenvalue weighted by molar-refractivity contribution is 8.14. The molecule has 1 heterocycles. The Morgan fingerprint density at radius 1 is 1.29 bits per heavy atom. The zero-order valence-corrected chi connectivity index (χ0v) is 17.3. The fraction of sp³-hybridized carbons (Fsp3) is 0.579. The van der Waals surface area contributed by atoms with E-state index in [1.54, 1.807) is 11.8 Å². The molecule has 3 rings (SSSR count). The summed E-state index contributed by atoms with van der Waals surface area (Å²) in [7, 11) is 1.93. The predicted octanol–water partition coefficient (Wildman–Crippen LogP) is 5.19. The molecule has 1 aromatic carbocycles. The van der Waals surface area contributed by atoms with Gasteiger partial charge in [-0.3, -0.25) is 9.79 Å². The standard InChI is InChI=1S/C19H24F3N3OS.ClH/c1-25-16(12-27-18(25)24-14-7-3-2-4-8-14)11-17(26)23-15-9-5-6-13(10-15)19(20,21)22;/h5-6,9-10,14,16H,2-4,7-8,11-12H2,1H3,(H,23,26);1H/b24-18-;. The third-order valence-electron chi connectivity index (χ3n) is 5.02. The third kappa shape index (κ3) is 6.04. The number of anilines is 1. The van der Waals surface area contributed by atoms with Crippen molar-refractivity contribution < 1.29 is 18.0 Å². The van der Waals surface area contributed by atoms with Crippen LogP contribution in [0.5, 0.6) is 0 Å². The minimum absolute atomic E-state index is 0. The molecule has 2 aliphatic rings. The lowest BCUT2D eigenvalue weighted by molar-refractivity contribution is -0.137. The fourth-order valence-corrected chi connectivity index (χ4v) is 4.69. The molecule has 1 aliphatic carbocycles. The Bertz CT molecular complexity index is 708. The number of amidine groups is 1. The van der Waals surface area contributed by atoms with Gasteiger partial charge in [0.25, 0.3) is 0 Å². The van der Waals surface area contributed by atoms with Crippen LogP contribution in [0.2, 0.25) is 0 Å². The van der Waals surface area contributed by atoms with Gasteiger partial charge in [-0.1, -0.05) is 37.1 Å². The second-order valence-electron chi connectivity index (χ2n) is 7.11. The Morgan fingerprint density at radius 2 is 2.00 bits per heavy atom. The SMILES string of the molecule is CN1/C(=N/C2CCCCC2)SCC1CC(=O)Nc1cccc(C(F)(F)F)c1.Cl. The monoisotopic (exact) mass is 435 g/mol. The van der Waals surface area contributed by atoms with Gasteiger partial charge in [-0.05, 0) is 31.0 Å². The van der Waals surface area contributed by atoms with Crippen molar-refractivity contribution in [3.63, 3.8) is 0 Å². The second-order valence-corrected chi connectivity index (χ2v) is 8.10. The van der Waals surface area contributed by atoms with Crippen molar-refractivity contribution in [1.82, 2.24) is 4.90 Å². The van der Waals surface area contributed by atoms with Crippen LogP contribution in [0.4, 0.5) is 18.9 Å². The minimum Gasteiger partial charge on any atom is -0.350 e. The van der Waals surface area contributed by atoms with Gasteiger partial charge in [-0.15, -0.1) is 12.4 Å². The molecule has 156 valence electrons. The fourth-order valence-electron chi connectivity index (χ4n) is 3.43. The van der Waals surface area contributed by atoms with Gasteiger partial charge in [0.1, 0.15) is 0 Å². The van der Waals surface area contributed by atoms with Gasteiger partial charge in [-0.25, -0.2) is 0 Å². The van der Waals surface area contributed by atoms with E-state index in [1.807, 2.05) is 11.9 Å². The van der Waals surface area contributed by atoms with Crippen LogP contribution in [-0.2, 0) is 11.0 Å². The molecule has 0 bridgehead atoms. The summed E-state index contributed by atoms with van der Waals surface area (Å²) >= 11 is 1.65. The molecule has 0 spiro atoms. The molecule has 2 fully saturated rings. The number of hydrogen-bond donors (Lipinski definition) is 1. The zero-order chi connectivity index (χ0) is 19.4. The quantitative estimate of drug-likeness (QED) is 0.707. The molecular weight excluding hydrogens is 411 g/mol. The average molecular weight is 436 g/mol. The van der Waals surface area contributed by atoms with Crippen molar-refractivity contribution in [2.75, 3.05) is 18.1 Å². The molecule has 1 atom stereocenters. The first-order chi connectivity index (χ1) is 12.8. The van der Waals surface area contributed by atoms with Gasteiger partial charge in [0.2, 0.25) is 5.91 Å². The van der Waals surface area contributed by atoms with Crippen molar-refractivity contribution in [2.24, 2.45) is 4.99 Å². The summed E-state index contributed by atoms with van der Waals surface area (Å²) in [6.07, 6.45) is 1.77. The molecular formula is C19H25ClF3N3OS. The van der Waals surface area contributed by atoms with Crippen LogP contribution in [0.15, 0.2) is 29.3 Å². The largest absolute Gasteiger partial charge is 0.416 e. The number of halogens is 4. The Kier molecular flexibility index (Phi) is 8.07. The number of alkyl halides is 3. The smallest absolute Gasteiger partial charge is 0.350 e. The highest BCUT2D eigenvalue weighted by Gasteiger charge is 2.32. The summed E-state index contributed by atoms with van der Waals surface area (Å²) in [5.41, 5.74) is -0.602. The normalized spacial score (nSPS) is 22.2. The number of thioether (sulfide) groups is 1. The van der Waals surface area contributed by atoms with Crippen LogP contribution < -0.4 is 5.32 Å². The predicted molar refractivity (Wildman–Crippen MR) is 110 cm³/mol. The van der Waals surface area contributed by atoms with Gasteiger partial charge < -0.3 is 10.2 Å². The average Bonchev–Trinajstić information content (AvgIpc) is 2.95. The Balaban J connectivity index is 0.00000280. The molecule has 1 aliphatic heterocycles. The van der Waals surface area contributed by atoms with Crippen LogP contribution in [0.25, 0.3) is 0 Å². The number of carbonyl (C=O) groups is 1. The summed E-state index contributed by atoms with van der Waals surface area (Å²) < 4.78 is 38.4. The lowest BCUT2D eigenvalue weighted by Gasteiger charge is -2.23. The molecule has 28 heavy (non-hydrogen) atoms. The number of rotatable bonds is 4.